The summed E-state index contributed by atoms with van der Waals surface area (Å²) >= 11 is 3.11. The Labute approximate surface area is 115 Å². The number of hydrogen-bond donors (Lipinski definition) is 1. The molecular weight excluding hydrogens is 323 g/mol. The van der Waals surface area contributed by atoms with Crippen LogP contribution in [-0.2, 0) is 0 Å². The van der Waals surface area contributed by atoms with Gasteiger partial charge in [0.25, 0.3) is 5.91 Å². The maximum Gasteiger partial charge on any atom is 0.258 e. The van der Waals surface area contributed by atoms with Crippen molar-refractivity contribution in [1.29, 1.82) is 0 Å². The molecule has 2 aromatic carbocycles. The lowest BCUT2D eigenvalue weighted by atomic mass is 10.2. The van der Waals surface area contributed by atoms with Crippen LogP contribution < -0.4 is 5.32 Å². The Balaban J connectivity index is 2.28. The Morgan fingerprint density at radius 2 is 1.63 bits per heavy atom. The van der Waals surface area contributed by atoms with Gasteiger partial charge in [0.05, 0.1) is 5.56 Å². The standard InChI is InChI=1S/C13H7BrF3NO/c14-7-1-2-12(17)11(3-7)13(19)18-10-5-8(15)4-9(16)6-10/h1-6H,(H,18,19). The quantitative estimate of drug-likeness (QED) is 0.882. The maximum atomic E-state index is 13.5. The van der Waals surface area contributed by atoms with E-state index in [0.29, 0.717) is 10.5 Å². The molecule has 1 N–H and O–H groups in total. The fourth-order valence-electron chi connectivity index (χ4n) is 1.50. The highest BCUT2D eigenvalue weighted by Gasteiger charge is 2.13. The van der Waals surface area contributed by atoms with E-state index in [4.69, 9.17) is 0 Å². The van der Waals surface area contributed by atoms with E-state index in [0.717, 1.165) is 18.2 Å². The van der Waals surface area contributed by atoms with E-state index in [1.54, 1.807) is 0 Å². The Morgan fingerprint density at radius 1 is 1.00 bits per heavy atom. The highest BCUT2D eigenvalue weighted by atomic mass is 79.9. The second-order valence-electron chi connectivity index (χ2n) is 3.74. The van der Waals surface area contributed by atoms with Crippen LogP contribution in [0.3, 0.4) is 0 Å². The van der Waals surface area contributed by atoms with Gasteiger partial charge in [-0.2, -0.15) is 0 Å². The fraction of sp³-hybridized carbons (Fsp3) is 0. The first-order chi connectivity index (χ1) is 8.95. The molecule has 2 rings (SSSR count). The molecule has 0 aliphatic carbocycles. The lowest BCUT2D eigenvalue weighted by Gasteiger charge is -2.07. The summed E-state index contributed by atoms with van der Waals surface area (Å²) in [6, 6.07) is 6.39. The van der Waals surface area contributed by atoms with Gasteiger partial charge in [0.1, 0.15) is 17.5 Å². The average molecular weight is 330 g/mol. The monoisotopic (exact) mass is 329 g/mol. The number of hydrogen-bond acceptors (Lipinski definition) is 1. The van der Waals surface area contributed by atoms with Gasteiger partial charge < -0.3 is 5.32 Å². The van der Waals surface area contributed by atoms with E-state index < -0.39 is 23.4 Å². The summed E-state index contributed by atoms with van der Waals surface area (Å²) < 4.78 is 39.9. The molecule has 0 fully saturated rings. The van der Waals surface area contributed by atoms with Gasteiger partial charge in [-0.1, -0.05) is 15.9 Å². The molecule has 1 amide bonds. The SMILES string of the molecule is O=C(Nc1cc(F)cc(F)c1)c1cc(Br)ccc1F. The van der Waals surface area contributed by atoms with Crippen LogP contribution in [-0.4, -0.2) is 5.91 Å². The molecule has 0 heterocycles. The number of anilines is 1. The summed E-state index contributed by atoms with van der Waals surface area (Å²) in [5.41, 5.74) is -0.305. The molecular formula is C13H7BrF3NO. The third kappa shape index (κ3) is 3.35. The molecule has 98 valence electrons. The molecule has 2 nitrogen and oxygen atoms in total. The minimum absolute atomic E-state index is 0.0816. The normalized spacial score (nSPS) is 10.3. The number of halogens is 4. The van der Waals surface area contributed by atoms with Crippen molar-refractivity contribution >= 4 is 27.5 Å². The van der Waals surface area contributed by atoms with Crippen LogP contribution in [0.15, 0.2) is 40.9 Å². The Bertz CT molecular complexity index is 626. The van der Waals surface area contributed by atoms with E-state index in [9.17, 15) is 18.0 Å². The topological polar surface area (TPSA) is 29.1 Å². The van der Waals surface area contributed by atoms with Crippen molar-refractivity contribution in [2.45, 2.75) is 0 Å². The molecule has 0 spiro atoms. The third-order valence-electron chi connectivity index (χ3n) is 2.29. The first-order valence-electron chi connectivity index (χ1n) is 5.18. The highest BCUT2D eigenvalue weighted by Crippen LogP contribution is 2.18. The number of carbonyl (C=O) groups excluding carboxylic acids is 1. The van der Waals surface area contributed by atoms with E-state index in [1.165, 1.54) is 12.1 Å². The number of carbonyl (C=O) groups is 1. The molecule has 0 saturated carbocycles. The summed E-state index contributed by atoms with van der Waals surface area (Å²) in [5.74, 6) is -3.17. The van der Waals surface area contributed by atoms with Crippen molar-refractivity contribution in [2.24, 2.45) is 0 Å². The highest BCUT2D eigenvalue weighted by molar-refractivity contribution is 9.10. The Morgan fingerprint density at radius 3 is 2.26 bits per heavy atom. The molecule has 0 atom stereocenters. The van der Waals surface area contributed by atoms with E-state index in [1.807, 2.05) is 0 Å². The largest absolute Gasteiger partial charge is 0.322 e. The molecule has 0 saturated heterocycles. The Hall–Kier alpha value is -1.82. The lowest BCUT2D eigenvalue weighted by molar-refractivity contribution is 0.102. The molecule has 6 heteroatoms. The molecule has 0 aliphatic rings. The third-order valence-corrected chi connectivity index (χ3v) is 2.79. The summed E-state index contributed by atoms with van der Waals surface area (Å²) in [5, 5.41) is 2.23. The van der Waals surface area contributed by atoms with Crippen LogP contribution in [0, 0.1) is 17.5 Å². The van der Waals surface area contributed by atoms with Crippen molar-refractivity contribution in [3.63, 3.8) is 0 Å². The minimum Gasteiger partial charge on any atom is -0.322 e. The van der Waals surface area contributed by atoms with Gasteiger partial charge in [-0.25, -0.2) is 13.2 Å². The zero-order chi connectivity index (χ0) is 14.0. The lowest BCUT2D eigenvalue weighted by Crippen LogP contribution is -2.14. The van der Waals surface area contributed by atoms with E-state index in [-0.39, 0.29) is 11.3 Å². The van der Waals surface area contributed by atoms with Crippen LogP contribution in [0.1, 0.15) is 10.4 Å². The molecule has 0 radical (unpaired) electrons. The molecule has 0 bridgehead atoms. The minimum atomic E-state index is -0.829. The smallest absolute Gasteiger partial charge is 0.258 e. The second-order valence-corrected chi connectivity index (χ2v) is 4.65. The predicted octanol–water partition coefficient (Wildman–Crippen LogP) is 4.12. The predicted molar refractivity (Wildman–Crippen MR) is 68.4 cm³/mol. The maximum absolute atomic E-state index is 13.5. The fourth-order valence-corrected chi connectivity index (χ4v) is 1.86. The molecule has 0 aromatic heterocycles. The Kier molecular flexibility index (Phi) is 3.90. The first kappa shape index (κ1) is 13.6. The number of benzene rings is 2. The number of nitrogens with one attached hydrogen (secondary N) is 1. The van der Waals surface area contributed by atoms with Gasteiger partial charge in [-0.15, -0.1) is 0 Å². The zero-order valence-electron chi connectivity index (χ0n) is 9.38. The van der Waals surface area contributed by atoms with Gasteiger partial charge >= 0.3 is 0 Å². The van der Waals surface area contributed by atoms with E-state index in [2.05, 4.69) is 21.2 Å². The number of amides is 1. The second kappa shape index (κ2) is 5.44. The number of rotatable bonds is 2. The van der Waals surface area contributed by atoms with E-state index >= 15 is 0 Å². The van der Waals surface area contributed by atoms with Crippen molar-refractivity contribution < 1.29 is 18.0 Å². The van der Waals surface area contributed by atoms with Crippen LogP contribution in [0.2, 0.25) is 0 Å². The van der Waals surface area contributed by atoms with Crippen LogP contribution in [0.4, 0.5) is 18.9 Å². The summed E-state index contributed by atoms with van der Waals surface area (Å²) in [4.78, 5) is 11.8. The summed E-state index contributed by atoms with van der Waals surface area (Å²) in [6.45, 7) is 0. The van der Waals surface area contributed by atoms with Gasteiger partial charge in [0.2, 0.25) is 0 Å². The zero-order valence-corrected chi connectivity index (χ0v) is 11.0. The van der Waals surface area contributed by atoms with Gasteiger partial charge in [-0.3, -0.25) is 4.79 Å². The van der Waals surface area contributed by atoms with Crippen LogP contribution in [0.25, 0.3) is 0 Å². The average Bonchev–Trinajstić information content (AvgIpc) is 2.30. The van der Waals surface area contributed by atoms with Crippen molar-refractivity contribution in [3.05, 3.63) is 63.9 Å². The summed E-state index contributed by atoms with van der Waals surface area (Å²) in [7, 11) is 0. The van der Waals surface area contributed by atoms with Crippen molar-refractivity contribution in [1.82, 2.24) is 0 Å². The summed E-state index contributed by atoms with van der Waals surface area (Å²) in [6.07, 6.45) is 0. The van der Waals surface area contributed by atoms with Crippen LogP contribution >= 0.6 is 15.9 Å². The molecule has 2 aromatic rings. The first-order valence-corrected chi connectivity index (χ1v) is 5.97. The van der Waals surface area contributed by atoms with Gasteiger partial charge in [-0.05, 0) is 30.3 Å². The van der Waals surface area contributed by atoms with Crippen molar-refractivity contribution in [3.8, 4) is 0 Å². The van der Waals surface area contributed by atoms with Crippen LogP contribution in [0.5, 0.6) is 0 Å². The van der Waals surface area contributed by atoms with Gasteiger partial charge in [0, 0.05) is 16.2 Å². The van der Waals surface area contributed by atoms with Crippen molar-refractivity contribution in [2.75, 3.05) is 5.32 Å². The molecule has 0 unspecified atom stereocenters. The molecule has 0 aliphatic heterocycles. The molecule has 19 heavy (non-hydrogen) atoms. The van der Waals surface area contributed by atoms with Gasteiger partial charge in [0.15, 0.2) is 0 Å².